The molecule has 1 heterocycles. The zero-order valence-electron chi connectivity index (χ0n) is 6.60. The highest BCUT2D eigenvalue weighted by Crippen LogP contribution is 2.46. The Bertz CT molecular complexity index is 153. The fourth-order valence-corrected chi connectivity index (χ4v) is 2.38. The molecule has 0 aromatic heterocycles. The van der Waals surface area contributed by atoms with Crippen LogP contribution in [-0.4, -0.2) is 30.2 Å². The summed E-state index contributed by atoms with van der Waals surface area (Å²) in [6.45, 7) is 2.72. The van der Waals surface area contributed by atoms with Crippen molar-refractivity contribution in [1.29, 1.82) is 0 Å². The van der Waals surface area contributed by atoms with E-state index in [-0.39, 0.29) is 0 Å². The van der Waals surface area contributed by atoms with Gasteiger partial charge < -0.3 is 4.90 Å². The summed E-state index contributed by atoms with van der Waals surface area (Å²) in [6.07, 6.45) is 1.84. The predicted molar refractivity (Wildman–Crippen MR) is 38.7 cm³/mol. The van der Waals surface area contributed by atoms with E-state index in [0.29, 0.717) is 12.0 Å². The lowest BCUT2D eigenvalue weighted by Gasteiger charge is -2.30. The molecule has 2 aliphatic rings. The summed E-state index contributed by atoms with van der Waals surface area (Å²) < 4.78 is 13.5. The van der Waals surface area contributed by atoms with Gasteiger partial charge in [0.1, 0.15) is 5.67 Å². The molecule has 1 aliphatic heterocycles. The number of fused-ring (bicyclic) bond motifs is 2. The number of hydrogen-bond acceptors (Lipinski definition) is 1. The van der Waals surface area contributed by atoms with Crippen LogP contribution in [0.25, 0.3) is 0 Å². The van der Waals surface area contributed by atoms with Crippen molar-refractivity contribution in [2.45, 2.75) is 31.5 Å². The van der Waals surface area contributed by atoms with Gasteiger partial charge in [-0.25, -0.2) is 4.39 Å². The number of alkyl halides is 1. The number of likely N-dealkylation sites (tertiary alicyclic amines) is 1. The van der Waals surface area contributed by atoms with Gasteiger partial charge in [-0.3, -0.25) is 0 Å². The Morgan fingerprint density at radius 2 is 2.30 bits per heavy atom. The Kier molecular flexibility index (Phi) is 1.14. The summed E-state index contributed by atoms with van der Waals surface area (Å²) in [6, 6.07) is 0.542. The van der Waals surface area contributed by atoms with Gasteiger partial charge in [0.25, 0.3) is 0 Å². The Labute approximate surface area is 61.2 Å². The second-order valence-corrected chi connectivity index (χ2v) is 4.01. The van der Waals surface area contributed by atoms with Gasteiger partial charge in [-0.15, -0.1) is 0 Å². The van der Waals surface area contributed by atoms with Crippen molar-refractivity contribution in [3.05, 3.63) is 0 Å². The number of rotatable bonds is 0. The normalized spacial score (nSPS) is 54.3. The van der Waals surface area contributed by atoms with Gasteiger partial charge in [-0.2, -0.15) is 0 Å². The van der Waals surface area contributed by atoms with E-state index in [0.717, 1.165) is 19.4 Å². The number of hydrogen-bond donors (Lipinski definition) is 0. The van der Waals surface area contributed by atoms with E-state index in [1.807, 2.05) is 0 Å². The molecule has 3 atom stereocenters. The monoisotopic (exact) mass is 143 g/mol. The van der Waals surface area contributed by atoms with Crippen molar-refractivity contribution in [1.82, 2.24) is 4.90 Å². The fraction of sp³-hybridized carbons (Fsp3) is 1.00. The van der Waals surface area contributed by atoms with Gasteiger partial charge in [0.2, 0.25) is 0 Å². The fourth-order valence-electron chi connectivity index (χ4n) is 2.38. The second-order valence-electron chi connectivity index (χ2n) is 4.01. The second kappa shape index (κ2) is 1.73. The third-order valence-corrected chi connectivity index (χ3v) is 3.17. The number of nitrogens with zero attached hydrogens (tertiary/aromatic N) is 1. The van der Waals surface area contributed by atoms with Gasteiger partial charge >= 0.3 is 0 Å². The van der Waals surface area contributed by atoms with Crippen molar-refractivity contribution in [2.24, 2.45) is 5.92 Å². The van der Waals surface area contributed by atoms with Crippen LogP contribution in [0.15, 0.2) is 0 Å². The summed E-state index contributed by atoms with van der Waals surface area (Å²) in [7, 11) is 2.10. The van der Waals surface area contributed by atoms with E-state index in [9.17, 15) is 4.39 Å². The minimum atomic E-state index is -0.850. The molecular formula is C8H14FN. The van der Waals surface area contributed by atoms with Crippen LogP contribution >= 0.6 is 0 Å². The molecule has 58 valence electrons. The summed E-state index contributed by atoms with van der Waals surface area (Å²) in [5.74, 6) is 0.322. The molecule has 0 aromatic carbocycles. The summed E-state index contributed by atoms with van der Waals surface area (Å²) in [5, 5.41) is 0. The molecular weight excluding hydrogens is 129 g/mol. The van der Waals surface area contributed by atoms with Crippen LogP contribution in [0.2, 0.25) is 0 Å². The Morgan fingerprint density at radius 3 is 2.60 bits per heavy atom. The molecule has 2 bridgehead atoms. The highest BCUT2D eigenvalue weighted by molar-refractivity contribution is 5.03. The van der Waals surface area contributed by atoms with Gasteiger partial charge in [-0.1, -0.05) is 0 Å². The Balaban J connectivity index is 2.16. The van der Waals surface area contributed by atoms with Crippen LogP contribution < -0.4 is 0 Å². The molecule has 3 unspecified atom stereocenters. The van der Waals surface area contributed by atoms with Crippen LogP contribution in [0.1, 0.15) is 19.8 Å². The molecule has 2 rings (SSSR count). The Hall–Kier alpha value is -0.110. The first kappa shape index (κ1) is 6.59. The van der Waals surface area contributed by atoms with Crippen molar-refractivity contribution in [2.75, 3.05) is 13.6 Å². The molecule has 1 saturated heterocycles. The molecule has 0 aromatic rings. The first-order valence-corrected chi connectivity index (χ1v) is 3.99. The molecule has 2 heteroatoms. The molecule has 1 nitrogen and oxygen atoms in total. The van der Waals surface area contributed by atoms with Gasteiger partial charge in [-0.05, 0) is 26.8 Å². The smallest absolute Gasteiger partial charge is 0.113 e. The lowest BCUT2D eigenvalue weighted by molar-refractivity contribution is 0.0755. The first-order valence-electron chi connectivity index (χ1n) is 3.99. The Morgan fingerprint density at radius 1 is 1.60 bits per heavy atom. The topological polar surface area (TPSA) is 3.24 Å². The van der Waals surface area contributed by atoms with E-state index in [4.69, 9.17) is 0 Å². The molecule has 0 spiro atoms. The SMILES string of the molecule is CN1CC2CC1CC2(C)F. The maximum absolute atomic E-state index is 13.5. The van der Waals surface area contributed by atoms with E-state index in [1.54, 1.807) is 6.92 Å². The van der Waals surface area contributed by atoms with Crippen molar-refractivity contribution in [3.8, 4) is 0 Å². The largest absolute Gasteiger partial charge is 0.303 e. The van der Waals surface area contributed by atoms with Crippen LogP contribution in [-0.2, 0) is 0 Å². The third kappa shape index (κ3) is 0.715. The quantitative estimate of drug-likeness (QED) is 0.496. The van der Waals surface area contributed by atoms with Crippen LogP contribution in [0, 0.1) is 5.92 Å². The highest BCUT2D eigenvalue weighted by atomic mass is 19.1. The average Bonchev–Trinajstić information content (AvgIpc) is 2.21. The summed E-state index contributed by atoms with van der Waals surface area (Å²) >= 11 is 0. The molecule has 10 heavy (non-hydrogen) atoms. The van der Waals surface area contributed by atoms with Gasteiger partial charge in [0.05, 0.1) is 0 Å². The molecule has 0 N–H and O–H groups in total. The van der Waals surface area contributed by atoms with E-state index >= 15 is 0 Å². The van der Waals surface area contributed by atoms with E-state index < -0.39 is 5.67 Å². The van der Waals surface area contributed by atoms with Gasteiger partial charge in [0, 0.05) is 18.5 Å². The maximum atomic E-state index is 13.5. The maximum Gasteiger partial charge on any atom is 0.113 e. The third-order valence-electron chi connectivity index (χ3n) is 3.17. The molecule has 0 radical (unpaired) electrons. The van der Waals surface area contributed by atoms with Gasteiger partial charge in [0.15, 0.2) is 0 Å². The molecule has 2 fully saturated rings. The minimum Gasteiger partial charge on any atom is -0.303 e. The molecule has 1 aliphatic carbocycles. The zero-order chi connectivity index (χ0) is 7.35. The molecule has 1 saturated carbocycles. The van der Waals surface area contributed by atoms with Crippen LogP contribution in [0.5, 0.6) is 0 Å². The first-order chi connectivity index (χ1) is 4.59. The van der Waals surface area contributed by atoms with E-state index in [2.05, 4.69) is 11.9 Å². The van der Waals surface area contributed by atoms with Crippen molar-refractivity contribution >= 4 is 0 Å². The minimum absolute atomic E-state index is 0.322. The number of piperidine rings is 1. The lowest BCUT2D eigenvalue weighted by atomic mass is 9.94. The van der Waals surface area contributed by atoms with Crippen molar-refractivity contribution in [3.63, 3.8) is 0 Å². The lowest BCUT2D eigenvalue weighted by Crippen LogP contribution is -2.39. The standard InChI is InChI=1S/C8H14FN/c1-8(9)4-7-3-6(8)5-10(7)2/h6-7H,3-5H2,1-2H3. The summed E-state index contributed by atoms with van der Waals surface area (Å²) in [5.41, 5.74) is -0.850. The molecule has 0 amide bonds. The number of halogens is 1. The predicted octanol–water partition coefficient (Wildman–Crippen LogP) is 1.44. The average molecular weight is 143 g/mol. The van der Waals surface area contributed by atoms with Crippen LogP contribution in [0.4, 0.5) is 4.39 Å². The van der Waals surface area contributed by atoms with Crippen molar-refractivity contribution < 1.29 is 4.39 Å². The summed E-state index contributed by atoms with van der Waals surface area (Å²) in [4.78, 5) is 2.28. The highest BCUT2D eigenvalue weighted by Gasteiger charge is 2.50. The van der Waals surface area contributed by atoms with E-state index in [1.165, 1.54) is 0 Å². The van der Waals surface area contributed by atoms with Crippen LogP contribution in [0.3, 0.4) is 0 Å². The zero-order valence-corrected chi connectivity index (χ0v) is 6.60.